The minimum absolute atomic E-state index is 0.422. The van der Waals surface area contributed by atoms with Gasteiger partial charge in [0.2, 0.25) is 0 Å². The zero-order valence-corrected chi connectivity index (χ0v) is 12.8. The lowest BCUT2D eigenvalue weighted by molar-refractivity contribution is 0.169. The summed E-state index contributed by atoms with van der Waals surface area (Å²) in [6, 6.07) is 16.3. The smallest absolute Gasteiger partial charge is 0.118 e. The van der Waals surface area contributed by atoms with E-state index in [0.717, 1.165) is 24.2 Å². The molecule has 0 aliphatic rings. The topological polar surface area (TPSA) is 29.5 Å². The van der Waals surface area contributed by atoms with Crippen molar-refractivity contribution in [3.8, 4) is 5.75 Å². The molecule has 1 unspecified atom stereocenters. The Morgan fingerprint density at radius 1 is 1.10 bits per heavy atom. The fourth-order valence-corrected chi connectivity index (χ4v) is 3.49. The molecule has 108 valence electrons. The second kappa shape index (κ2) is 6.29. The first kappa shape index (κ1) is 14.1. The summed E-state index contributed by atoms with van der Waals surface area (Å²) in [7, 11) is 1.67. The molecule has 1 atom stereocenters. The van der Waals surface area contributed by atoms with Crippen LogP contribution in [-0.2, 0) is 6.42 Å². The predicted molar refractivity (Wildman–Crippen MR) is 88.1 cm³/mol. The number of fused-ring (bicyclic) bond motifs is 1. The summed E-state index contributed by atoms with van der Waals surface area (Å²) in [6.07, 6.45) is 1.16. The van der Waals surface area contributed by atoms with E-state index >= 15 is 0 Å². The molecule has 3 aromatic rings. The molecule has 0 aliphatic carbocycles. The van der Waals surface area contributed by atoms with Crippen LogP contribution < -0.4 is 4.74 Å². The maximum absolute atomic E-state index is 10.5. The zero-order chi connectivity index (χ0) is 14.7. The van der Waals surface area contributed by atoms with Crippen molar-refractivity contribution in [2.45, 2.75) is 18.9 Å². The molecule has 0 spiro atoms. The van der Waals surface area contributed by atoms with E-state index in [1.807, 2.05) is 24.3 Å². The van der Waals surface area contributed by atoms with Crippen molar-refractivity contribution in [1.82, 2.24) is 0 Å². The molecule has 2 aromatic carbocycles. The number of ether oxygens (including phenoxy) is 1. The van der Waals surface area contributed by atoms with Crippen LogP contribution >= 0.6 is 11.3 Å². The van der Waals surface area contributed by atoms with Gasteiger partial charge in [-0.3, -0.25) is 0 Å². The van der Waals surface area contributed by atoms with E-state index in [9.17, 15) is 5.11 Å². The van der Waals surface area contributed by atoms with Gasteiger partial charge in [-0.25, -0.2) is 0 Å². The quantitative estimate of drug-likeness (QED) is 0.747. The Hall–Kier alpha value is -1.84. The van der Waals surface area contributed by atoms with Crippen molar-refractivity contribution in [3.63, 3.8) is 0 Å². The minimum atomic E-state index is -0.422. The van der Waals surface area contributed by atoms with Crippen LogP contribution in [0.2, 0.25) is 0 Å². The van der Waals surface area contributed by atoms with Crippen LogP contribution in [0.3, 0.4) is 0 Å². The fourth-order valence-electron chi connectivity index (χ4n) is 2.53. The highest BCUT2D eigenvalue weighted by molar-refractivity contribution is 7.17. The molecule has 21 heavy (non-hydrogen) atoms. The van der Waals surface area contributed by atoms with Crippen LogP contribution in [0, 0.1) is 0 Å². The van der Waals surface area contributed by atoms with E-state index in [1.165, 1.54) is 15.6 Å². The molecule has 3 heteroatoms. The van der Waals surface area contributed by atoms with E-state index in [-0.39, 0.29) is 0 Å². The Kier molecular flexibility index (Phi) is 4.23. The summed E-state index contributed by atoms with van der Waals surface area (Å²) in [5, 5.41) is 13.8. The molecular formula is C18H18O2S. The summed E-state index contributed by atoms with van der Waals surface area (Å²) in [5.41, 5.74) is 2.25. The maximum Gasteiger partial charge on any atom is 0.118 e. The lowest BCUT2D eigenvalue weighted by Crippen LogP contribution is -2.00. The molecule has 1 heterocycles. The number of aliphatic hydroxyl groups is 1. The van der Waals surface area contributed by atoms with Gasteiger partial charge in [-0.1, -0.05) is 30.3 Å². The highest BCUT2D eigenvalue weighted by Gasteiger charge is 2.12. The number of benzene rings is 2. The molecule has 2 nitrogen and oxygen atoms in total. The van der Waals surface area contributed by atoms with Crippen molar-refractivity contribution in [1.29, 1.82) is 0 Å². The van der Waals surface area contributed by atoms with Crippen LogP contribution in [0.25, 0.3) is 10.1 Å². The third-order valence-electron chi connectivity index (χ3n) is 3.73. The lowest BCUT2D eigenvalue weighted by Gasteiger charge is -2.12. The first-order valence-corrected chi connectivity index (χ1v) is 7.93. The van der Waals surface area contributed by atoms with Gasteiger partial charge >= 0.3 is 0 Å². The number of hydrogen-bond donors (Lipinski definition) is 1. The maximum atomic E-state index is 10.5. The number of thiophene rings is 1. The standard InChI is InChI=1S/C18H18O2S/c1-20-15-8-5-13(6-9-15)7-10-17(19)16-4-2-3-14-11-12-21-18(14)16/h2-6,8-9,11-12,17,19H,7,10H2,1H3. The third-order valence-corrected chi connectivity index (χ3v) is 4.71. The van der Waals surface area contributed by atoms with E-state index < -0.39 is 6.10 Å². The summed E-state index contributed by atoms with van der Waals surface area (Å²) in [4.78, 5) is 0. The van der Waals surface area contributed by atoms with E-state index in [0.29, 0.717) is 0 Å². The Balaban J connectivity index is 1.71. The fraction of sp³-hybridized carbons (Fsp3) is 0.222. The second-order valence-corrected chi connectivity index (χ2v) is 6.00. The van der Waals surface area contributed by atoms with Crippen molar-refractivity contribution in [2.75, 3.05) is 7.11 Å². The van der Waals surface area contributed by atoms with Crippen LogP contribution in [0.1, 0.15) is 23.7 Å². The first-order valence-electron chi connectivity index (χ1n) is 7.05. The average Bonchev–Trinajstić information content (AvgIpc) is 3.01. The van der Waals surface area contributed by atoms with Crippen LogP contribution in [-0.4, -0.2) is 12.2 Å². The van der Waals surface area contributed by atoms with Gasteiger partial charge in [0.25, 0.3) is 0 Å². The van der Waals surface area contributed by atoms with Gasteiger partial charge in [-0.15, -0.1) is 11.3 Å². The molecule has 3 rings (SSSR count). The van der Waals surface area contributed by atoms with Gasteiger partial charge in [0.15, 0.2) is 0 Å². The number of rotatable bonds is 5. The monoisotopic (exact) mass is 298 g/mol. The first-order chi connectivity index (χ1) is 10.3. The van der Waals surface area contributed by atoms with Gasteiger partial charge in [0.05, 0.1) is 13.2 Å². The second-order valence-electron chi connectivity index (χ2n) is 5.09. The number of aryl methyl sites for hydroxylation is 1. The SMILES string of the molecule is COc1ccc(CCC(O)c2cccc3ccsc23)cc1. The van der Waals surface area contributed by atoms with Crippen molar-refractivity contribution >= 4 is 21.4 Å². The summed E-state index contributed by atoms with van der Waals surface area (Å²) >= 11 is 1.69. The molecule has 0 amide bonds. The van der Waals surface area contributed by atoms with E-state index in [2.05, 4.69) is 29.6 Å². The minimum Gasteiger partial charge on any atom is -0.497 e. The molecular weight excluding hydrogens is 280 g/mol. The Morgan fingerprint density at radius 3 is 2.67 bits per heavy atom. The van der Waals surface area contributed by atoms with Crippen LogP contribution in [0.4, 0.5) is 0 Å². The third kappa shape index (κ3) is 3.09. The summed E-state index contributed by atoms with van der Waals surface area (Å²) in [6.45, 7) is 0. The van der Waals surface area contributed by atoms with Gasteiger partial charge in [0, 0.05) is 4.70 Å². The molecule has 0 saturated carbocycles. The average molecular weight is 298 g/mol. The Morgan fingerprint density at radius 2 is 1.90 bits per heavy atom. The van der Waals surface area contributed by atoms with Crippen LogP contribution in [0.15, 0.2) is 53.9 Å². The Labute approximate surface area is 128 Å². The number of aliphatic hydroxyl groups excluding tert-OH is 1. The van der Waals surface area contributed by atoms with Crippen molar-refractivity contribution in [2.24, 2.45) is 0 Å². The van der Waals surface area contributed by atoms with Gasteiger partial charge in [0.1, 0.15) is 5.75 Å². The molecule has 1 aromatic heterocycles. The normalized spacial score (nSPS) is 12.5. The van der Waals surface area contributed by atoms with Gasteiger partial charge in [-0.05, 0) is 52.9 Å². The summed E-state index contributed by atoms with van der Waals surface area (Å²) in [5.74, 6) is 0.864. The highest BCUT2D eigenvalue weighted by atomic mass is 32.1. The molecule has 0 aliphatic heterocycles. The van der Waals surface area contributed by atoms with Gasteiger partial charge in [-0.2, -0.15) is 0 Å². The predicted octanol–water partition coefficient (Wildman–Crippen LogP) is 4.58. The number of hydrogen-bond acceptors (Lipinski definition) is 3. The number of methoxy groups -OCH3 is 1. The summed E-state index contributed by atoms with van der Waals surface area (Å²) < 4.78 is 6.35. The highest BCUT2D eigenvalue weighted by Crippen LogP contribution is 2.31. The molecule has 0 radical (unpaired) electrons. The largest absolute Gasteiger partial charge is 0.497 e. The Bertz CT molecular complexity index is 715. The molecule has 0 saturated heterocycles. The zero-order valence-electron chi connectivity index (χ0n) is 12.0. The van der Waals surface area contributed by atoms with Crippen molar-refractivity contribution in [3.05, 3.63) is 65.0 Å². The van der Waals surface area contributed by atoms with E-state index in [4.69, 9.17) is 4.74 Å². The van der Waals surface area contributed by atoms with Crippen molar-refractivity contribution < 1.29 is 9.84 Å². The molecule has 1 N–H and O–H groups in total. The van der Waals surface area contributed by atoms with E-state index in [1.54, 1.807) is 18.4 Å². The molecule has 0 bridgehead atoms. The van der Waals surface area contributed by atoms with Crippen LogP contribution in [0.5, 0.6) is 5.75 Å². The van der Waals surface area contributed by atoms with Gasteiger partial charge < -0.3 is 9.84 Å². The lowest BCUT2D eigenvalue weighted by atomic mass is 10.0. The molecule has 0 fully saturated rings.